The molecule has 1 atom stereocenters. The molecular weight excluding hydrogens is 280 g/mol. The largest absolute Gasteiger partial charge is 0.392 e. The van der Waals surface area contributed by atoms with Gasteiger partial charge in [-0.3, -0.25) is 0 Å². The first kappa shape index (κ1) is 14.3. The molecule has 0 aliphatic heterocycles. The van der Waals surface area contributed by atoms with Crippen LogP contribution in [0.3, 0.4) is 0 Å². The van der Waals surface area contributed by atoms with Crippen molar-refractivity contribution in [1.82, 2.24) is 9.55 Å². The second kappa shape index (κ2) is 6.41. The van der Waals surface area contributed by atoms with Crippen molar-refractivity contribution in [3.05, 3.63) is 52.5 Å². The molecule has 0 fully saturated rings. The average Bonchev–Trinajstić information content (AvgIpc) is 3.08. The van der Waals surface area contributed by atoms with Crippen LogP contribution in [0, 0.1) is 0 Å². The summed E-state index contributed by atoms with van der Waals surface area (Å²) in [5.41, 5.74) is 3.38. The summed E-state index contributed by atoms with van der Waals surface area (Å²) in [4.78, 5) is 4.71. The zero-order chi connectivity index (χ0) is 14.7. The van der Waals surface area contributed by atoms with Gasteiger partial charge in [0.1, 0.15) is 5.82 Å². The fourth-order valence-electron chi connectivity index (χ4n) is 2.72. The maximum atomic E-state index is 10.3. The highest BCUT2D eigenvalue weighted by molar-refractivity contribution is 7.07. The van der Waals surface area contributed by atoms with Gasteiger partial charge in [-0.25, -0.2) is 4.98 Å². The first-order valence-corrected chi connectivity index (χ1v) is 8.35. The molecule has 0 radical (unpaired) electrons. The van der Waals surface area contributed by atoms with Crippen LogP contribution in [-0.4, -0.2) is 20.8 Å². The Bertz CT molecular complexity index is 703. The van der Waals surface area contributed by atoms with Gasteiger partial charge in [0.2, 0.25) is 0 Å². The molecule has 0 saturated heterocycles. The van der Waals surface area contributed by atoms with Gasteiger partial charge in [0.25, 0.3) is 0 Å². The molecule has 110 valence electrons. The molecule has 2 aromatic heterocycles. The molecule has 0 spiro atoms. The summed E-state index contributed by atoms with van der Waals surface area (Å²) in [5, 5.41) is 14.5. The number of rotatable bonds is 6. The van der Waals surface area contributed by atoms with Gasteiger partial charge in [-0.2, -0.15) is 11.3 Å². The predicted molar refractivity (Wildman–Crippen MR) is 87.8 cm³/mol. The molecule has 1 unspecified atom stereocenters. The van der Waals surface area contributed by atoms with Gasteiger partial charge < -0.3 is 9.67 Å². The highest BCUT2D eigenvalue weighted by Gasteiger charge is 2.14. The number of nitrogens with zero attached hydrogens (tertiary/aromatic N) is 2. The minimum Gasteiger partial charge on any atom is -0.392 e. The molecule has 0 bridgehead atoms. The second-order valence-corrected chi connectivity index (χ2v) is 6.14. The van der Waals surface area contributed by atoms with Crippen LogP contribution in [0.1, 0.15) is 24.7 Å². The number of fused-ring (bicyclic) bond motifs is 1. The van der Waals surface area contributed by atoms with Crippen molar-refractivity contribution in [3.8, 4) is 0 Å². The minimum absolute atomic E-state index is 0.382. The van der Waals surface area contributed by atoms with Crippen LogP contribution in [-0.2, 0) is 19.4 Å². The van der Waals surface area contributed by atoms with Crippen molar-refractivity contribution in [3.63, 3.8) is 0 Å². The maximum Gasteiger partial charge on any atom is 0.112 e. The molecule has 3 rings (SSSR count). The van der Waals surface area contributed by atoms with Crippen LogP contribution in [0.5, 0.6) is 0 Å². The van der Waals surface area contributed by atoms with Crippen LogP contribution in [0.25, 0.3) is 11.0 Å². The molecule has 4 heteroatoms. The number of benzene rings is 1. The van der Waals surface area contributed by atoms with Crippen LogP contribution >= 0.6 is 11.3 Å². The molecule has 0 amide bonds. The third kappa shape index (κ3) is 3.17. The van der Waals surface area contributed by atoms with Crippen LogP contribution in [0.4, 0.5) is 0 Å². The Morgan fingerprint density at radius 3 is 2.86 bits per heavy atom. The third-order valence-electron chi connectivity index (χ3n) is 3.65. The van der Waals surface area contributed by atoms with Gasteiger partial charge in [-0.05, 0) is 47.4 Å². The molecule has 2 heterocycles. The second-order valence-electron chi connectivity index (χ2n) is 5.36. The number of para-hydroxylation sites is 2. The van der Waals surface area contributed by atoms with Crippen molar-refractivity contribution in [2.24, 2.45) is 0 Å². The number of hydrogen-bond donors (Lipinski definition) is 1. The summed E-state index contributed by atoms with van der Waals surface area (Å²) in [6.45, 7) is 3.11. The van der Waals surface area contributed by atoms with Crippen molar-refractivity contribution in [2.75, 3.05) is 0 Å². The van der Waals surface area contributed by atoms with Gasteiger partial charge in [-0.15, -0.1) is 0 Å². The molecular formula is C17H20N2OS. The fourth-order valence-corrected chi connectivity index (χ4v) is 3.40. The zero-order valence-corrected chi connectivity index (χ0v) is 13.0. The summed E-state index contributed by atoms with van der Waals surface area (Å²) in [6.07, 6.45) is 1.98. The van der Waals surface area contributed by atoms with Crippen LogP contribution in [0.2, 0.25) is 0 Å². The first-order chi connectivity index (χ1) is 10.3. The number of aryl methyl sites for hydroxylation is 1. The van der Waals surface area contributed by atoms with E-state index in [1.165, 1.54) is 5.56 Å². The number of thiophene rings is 1. The van der Waals surface area contributed by atoms with E-state index in [4.69, 9.17) is 4.98 Å². The van der Waals surface area contributed by atoms with Gasteiger partial charge in [0.15, 0.2) is 0 Å². The molecule has 3 nitrogen and oxygen atoms in total. The van der Waals surface area contributed by atoms with E-state index in [0.717, 1.165) is 29.8 Å². The highest BCUT2D eigenvalue weighted by atomic mass is 32.1. The predicted octanol–water partition coefficient (Wildman–Crippen LogP) is 3.65. The van der Waals surface area contributed by atoms with Gasteiger partial charge in [0.05, 0.1) is 17.1 Å². The minimum atomic E-state index is -0.382. The topological polar surface area (TPSA) is 38.0 Å². The van der Waals surface area contributed by atoms with Crippen LogP contribution < -0.4 is 0 Å². The molecule has 21 heavy (non-hydrogen) atoms. The number of imidazole rings is 1. The van der Waals surface area contributed by atoms with E-state index in [1.54, 1.807) is 11.3 Å². The molecule has 0 aliphatic rings. The Labute approximate surface area is 128 Å². The first-order valence-electron chi connectivity index (χ1n) is 7.41. The molecule has 1 N–H and O–H groups in total. The third-order valence-corrected chi connectivity index (χ3v) is 4.38. The average molecular weight is 300 g/mol. The van der Waals surface area contributed by atoms with E-state index in [-0.39, 0.29) is 6.10 Å². The van der Waals surface area contributed by atoms with Crippen molar-refractivity contribution < 1.29 is 5.11 Å². The van der Waals surface area contributed by atoms with E-state index >= 15 is 0 Å². The number of hydrogen-bond acceptors (Lipinski definition) is 3. The summed E-state index contributed by atoms with van der Waals surface area (Å²) in [5.74, 6) is 0.987. The van der Waals surface area contributed by atoms with Crippen LogP contribution in [0.15, 0.2) is 41.1 Å². The molecule has 0 saturated carbocycles. The summed E-state index contributed by atoms with van der Waals surface area (Å²) in [7, 11) is 0. The van der Waals surface area contributed by atoms with E-state index in [2.05, 4.69) is 29.0 Å². The monoisotopic (exact) mass is 300 g/mol. The number of aliphatic hydroxyl groups is 1. The maximum absolute atomic E-state index is 10.3. The molecule has 1 aromatic carbocycles. The Hall–Kier alpha value is -1.65. The van der Waals surface area contributed by atoms with Crippen molar-refractivity contribution in [2.45, 2.75) is 38.8 Å². The molecule has 3 aromatic rings. The normalized spacial score (nSPS) is 12.9. The zero-order valence-electron chi connectivity index (χ0n) is 12.2. The number of aliphatic hydroxyl groups excluding tert-OH is 1. The Morgan fingerprint density at radius 2 is 2.10 bits per heavy atom. The van der Waals surface area contributed by atoms with Crippen molar-refractivity contribution in [1.29, 1.82) is 0 Å². The van der Waals surface area contributed by atoms with E-state index < -0.39 is 0 Å². The summed E-state index contributed by atoms with van der Waals surface area (Å²) >= 11 is 1.67. The van der Waals surface area contributed by atoms with Gasteiger partial charge in [-0.1, -0.05) is 19.1 Å². The lowest BCUT2D eigenvalue weighted by atomic mass is 10.1. The SMILES string of the molecule is CCCn1c(CC(O)Cc2ccsc2)nc2ccccc21. The summed E-state index contributed by atoms with van der Waals surface area (Å²) in [6, 6.07) is 10.3. The fraction of sp³-hybridized carbons (Fsp3) is 0.353. The van der Waals surface area contributed by atoms with Gasteiger partial charge >= 0.3 is 0 Å². The van der Waals surface area contributed by atoms with Crippen molar-refractivity contribution >= 4 is 22.4 Å². The van der Waals surface area contributed by atoms with E-state index in [0.29, 0.717) is 12.8 Å². The summed E-state index contributed by atoms with van der Waals surface area (Å²) < 4.78 is 2.24. The lowest BCUT2D eigenvalue weighted by Crippen LogP contribution is -2.17. The Morgan fingerprint density at radius 1 is 1.24 bits per heavy atom. The number of aromatic nitrogens is 2. The van der Waals surface area contributed by atoms with E-state index in [1.807, 2.05) is 23.6 Å². The Kier molecular flexibility index (Phi) is 4.36. The van der Waals surface area contributed by atoms with E-state index in [9.17, 15) is 5.11 Å². The standard InChI is InChI=1S/C17H20N2OS/c1-2-8-19-16-6-4-3-5-15(16)18-17(19)11-14(20)10-13-7-9-21-12-13/h3-7,9,12,14,20H,2,8,10-11H2,1H3. The van der Waals surface area contributed by atoms with Gasteiger partial charge in [0, 0.05) is 13.0 Å². The smallest absolute Gasteiger partial charge is 0.112 e. The lowest BCUT2D eigenvalue weighted by Gasteiger charge is -2.12. The lowest BCUT2D eigenvalue weighted by molar-refractivity contribution is 0.172. The quantitative estimate of drug-likeness (QED) is 0.754. The highest BCUT2D eigenvalue weighted by Crippen LogP contribution is 2.19. The Balaban J connectivity index is 1.83. The molecule has 0 aliphatic carbocycles.